The molecule has 1 heterocycles. The van der Waals surface area contributed by atoms with Crippen LogP contribution in [0, 0.1) is 11.8 Å². The van der Waals surface area contributed by atoms with Crippen LogP contribution >= 0.6 is 0 Å². The molecule has 1 rings (SSSR count). The van der Waals surface area contributed by atoms with E-state index >= 15 is 0 Å². The lowest BCUT2D eigenvalue weighted by atomic mass is 9.84. The zero-order valence-corrected chi connectivity index (χ0v) is 12.2. The molecule has 0 spiro atoms. The van der Waals surface area contributed by atoms with E-state index in [9.17, 15) is 14.4 Å². The van der Waals surface area contributed by atoms with E-state index in [1.54, 1.807) is 6.92 Å². The molecule has 0 aromatic rings. The maximum absolute atomic E-state index is 12.2. The minimum atomic E-state index is -0.548. The van der Waals surface area contributed by atoms with Crippen molar-refractivity contribution < 1.29 is 23.9 Å². The van der Waals surface area contributed by atoms with Crippen LogP contribution in [-0.4, -0.2) is 37.5 Å². The molecule has 0 aliphatic carbocycles. The first kappa shape index (κ1) is 17.0. The van der Waals surface area contributed by atoms with Crippen molar-refractivity contribution in [2.75, 3.05) is 13.7 Å². The molecule has 8 nitrogen and oxygen atoms in total. The van der Waals surface area contributed by atoms with E-state index in [0.717, 1.165) is 0 Å². The highest BCUT2D eigenvalue weighted by atomic mass is 16.6. The first-order chi connectivity index (χ1) is 10.0. The van der Waals surface area contributed by atoms with Crippen LogP contribution < -0.4 is 0 Å². The third-order valence-electron chi connectivity index (χ3n) is 3.56. The fourth-order valence-electron chi connectivity index (χ4n) is 2.42. The number of methoxy groups -OCH3 is 1. The molecule has 0 bridgehead atoms. The van der Waals surface area contributed by atoms with Gasteiger partial charge in [0.1, 0.15) is 11.9 Å². The van der Waals surface area contributed by atoms with Gasteiger partial charge in [-0.2, -0.15) is 0 Å². The Balaban J connectivity index is 2.60. The van der Waals surface area contributed by atoms with Crippen molar-refractivity contribution in [3.05, 3.63) is 10.4 Å². The van der Waals surface area contributed by atoms with Gasteiger partial charge in [-0.15, -0.1) is 0 Å². The number of azide groups is 1. The quantitative estimate of drug-likeness (QED) is 0.222. The minimum absolute atomic E-state index is 0.00180. The van der Waals surface area contributed by atoms with Crippen molar-refractivity contribution in [1.82, 2.24) is 0 Å². The van der Waals surface area contributed by atoms with Crippen molar-refractivity contribution in [3.63, 3.8) is 0 Å². The van der Waals surface area contributed by atoms with Gasteiger partial charge in [-0.25, -0.2) is 0 Å². The number of esters is 2. The van der Waals surface area contributed by atoms with Crippen LogP contribution in [0.15, 0.2) is 5.11 Å². The number of Topliss-reactive ketones (excluding diaryl/α,β-unsaturated/α-hetero) is 1. The SMILES string of the molecule is COC(=O)CCC(=O)[C@H]1[C@H](C)C(=O)O[C@@H]1CCCN=[N+]=[N-]. The van der Waals surface area contributed by atoms with Crippen molar-refractivity contribution >= 4 is 17.7 Å². The van der Waals surface area contributed by atoms with Crippen molar-refractivity contribution in [2.24, 2.45) is 17.0 Å². The predicted molar refractivity (Wildman–Crippen MR) is 72.0 cm³/mol. The van der Waals surface area contributed by atoms with Crippen LogP contribution in [0.5, 0.6) is 0 Å². The largest absolute Gasteiger partial charge is 0.469 e. The van der Waals surface area contributed by atoms with Gasteiger partial charge in [-0.3, -0.25) is 14.4 Å². The Kier molecular flexibility index (Phi) is 6.68. The Labute approximate surface area is 122 Å². The van der Waals surface area contributed by atoms with E-state index in [4.69, 9.17) is 10.3 Å². The monoisotopic (exact) mass is 297 g/mol. The van der Waals surface area contributed by atoms with E-state index < -0.39 is 29.9 Å². The zero-order valence-electron chi connectivity index (χ0n) is 12.2. The van der Waals surface area contributed by atoms with E-state index in [1.165, 1.54) is 7.11 Å². The van der Waals surface area contributed by atoms with Crippen LogP contribution in [0.3, 0.4) is 0 Å². The summed E-state index contributed by atoms with van der Waals surface area (Å²) in [6.07, 6.45) is 0.523. The van der Waals surface area contributed by atoms with Gasteiger partial charge >= 0.3 is 11.9 Å². The van der Waals surface area contributed by atoms with Gasteiger partial charge in [-0.1, -0.05) is 12.0 Å². The van der Waals surface area contributed by atoms with Crippen LogP contribution in [0.4, 0.5) is 0 Å². The molecule has 0 aromatic carbocycles. The first-order valence-electron chi connectivity index (χ1n) is 6.82. The first-order valence-corrected chi connectivity index (χ1v) is 6.82. The van der Waals surface area contributed by atoms with Gasteiger partial charge in [0.25, 0.3) is 0 Å². The summed E-state index contributed by atoms with van der Waals surface area (Å²) in [5.41, 5.74) is 8.20. The molecular weight excluding hydrogens is 278 g/mol. The number of ether oxygens (including phenoxy) is 2. The molecule has 116 valence electrons. The predicted octanol–water partition coefficient (Wildman–Crippen LogP) is 1.78. The van der Waals surface area contributed by atoms with Gasteiger partial charge < -0.3 is 9.47 Å². The number of carbonyl (C=O) groups excluding carboxylic acids is 3. The van der Waals surface area contributed by atoms with E-state index in [-0.39, 0.29) is 18.6 Å². The number of ketones is 1. The number of rotatable bonds is 8. The molecule has 0 radical (unpaired) electrons. The van der Waals surface area contributed by atoms with Gasteiger partial charge in [-0.05, 0) is 18.4 Å². The van der Waals surface area contributed by atoms with E-state index in [1.807, 2.05) is 0 Å². The second kappa shape index (κ2) is 8.26. The summed E-state index contributed by atoms with van der Waals surface area (Å²) in [7, 11) is 1.26. The van der Waals surface area contributed by atoms with E-state index in [2.05, 4.69) is 14.8 Å². The zero-order chi connectivity index (χ0) is 15.8. The average molecular weight is 297 g/mol. The fourth-order valence-corrected chi connectivity index (χ4v) is 2.42. The second-order valence-electron chi connectivity index (χ2n) is 4.93. The molecule has 1 fully saturated rings. The molecule has 0 saturated carbocycles. The summed E-state index contributed by atoms with van der Waals surface area (Å²) in [4.78, 5) is 37.6. The molecule has 1 aliphatic rings. The number of hydrogen-bond donors (Lipinski definition) is 0. The average Bonchev–Trinajstić information content (AvgIpc) is 2.75. The maximum atomic E-state index is 12.2. The maximum Gasteiger partial charge on any atom is 0.309 e. The van der Waals surface area contributed by atoms with Gasteiger partial charge in [0.15, 0.2) is 0 Å². The van der Waals surface area contributed by atoms with Crippen LogP contribution in [0.25, 0.3) is 10.4 Å². The Morgan fingerprint density at radius 1 is 1.43 bits per heavy atom. The number of nitrogens with zero attached hydrogens (tertiary/aromatic N) is 3. The lowest BCUT2D eigenvalue weighted by Gasteiger charge is -2.17. The van der Waals surface area contributed by atoms with Crippen molar-refractivity contribution in [3.8, 4) is 0 Å². The Morgan fingerprint density at radius 2 is 2.14 bits per heavy atom. The lowest BCUT2D eigenvalue weighted by Crippen LogP contribution is -2.29. The molecule has 1 aliphatic heterocycles. The Hall–Kier alpha value is -2.08. The summed E-state index contributed by atoms with van der Waals surface area (Å²) < 4.78 is 9.70. The number of carbonyl (C=O) groups is 3. The van der Waals surface area contributed by atoms with Gasteiger partial charge in [0, 0.05) is 17.9 Å². The standard InChI is InChI=1S/C13H19N3O5/c1-8-12(9(17)5-6-11(18)20-2)10(21-13(8)19)4-3-7-15-16-14/h8,10,12H,3-7H2,1-2H3/t8-,10+,12+/m0/s1. The summed E-state index contributed by atoms with van der Waals surface area (Å²) in [5.74, 6) is -2.10. The van der Waals surface area contributed by atoms with Gasteiger partial charge in [0.05, 0.1) is 25.4 Å². The Morgan fingerprint density at radius 3 is 2.76 bits per heavy atom. The smallest absolute Gasteiger partial charge is 0.309 e. The fraction of sp³-hybridized carbons (Fsp3) is 0.769. The highest BCUT2D eigenvalue weighted by molar-refractivity contribution is 5.91. The van der Waals surface area contributed by atoms with Crippen molar-refractivity contribution in [2.45, 2.75) is 38.7 Å². The molecular formula is C13H19N3O5. The molecule has 8 heteroatoms. The highest BCUT2D eigenvalue weighted by Crippen LogP contribution is 2.32. The second-order valence-corrected chi connectivity index (χ2v) is 4.93. The number of hydrogen-bond acceptors (Lipinski definition) is 6. The Bertz CT molecular complexity index is 459. The molecule has 0 amide bonds. The summed E-state index contributed by atoms with van der Waals surface area (Å²) in [6, 6.07) is 0. The third kappa shape index (κ3) is 4.75. The van der Waals surface area contributed by atoms with Crippen LogP contribution in [0.2, 0.25) is 0 Å². The summed E-state index contributed by atoms with van der Waals surface area (Å²) in [5, 5.41) is 3.41. The normalized spacial score (nSPS) is 24.1. The lowest BCUT2D eigenvalue weighted by molar-refractivity contribution is -0.144. The van der Waals surface area contributed by atoms with Crippen LogP contribution in [0.1, 0.15) is 32.6 Å². The van der Waals surface area contributed by atoms with Gasteiger partial charge in [0.2, 0.25) is 0 Å². The molecule has 1 saturated heterocycles. The number of cyclic esters (lactones) is 1. The topological polar surface area (TPSA) is 118 Å². The molecule has 0 N–H and O–H groups in total. The molecule has 0 aromatic heterocycles. The van der Waals surface area contributed by atoms with E-state index in [0.29, 0.717) is 19.4 Å². The molecule has 21 heavy (non-hydrogen) atoms. The molecule has 3 atom stereocenters. The minimum Gasteiger partial charge on any atom is -0.469 e. The van der Waals surface area contributed by atoms with Crippen LogP contribution in [-0.2, 0) is 23.9 Å². The summed E-state index contributed by atoms with van der Waals surface area (Å²) >= 11 is 0. The third-order valence-corrected chi connectivity index (χ3v) is 3.56. The van der Waals surface area contributed by atoms with Crippen molar-refractivity contribution in [1.29, 1.82) is 0 Å². The molecule has 0 unspecified atom stereocenters. The summed E-state index contributed by atoms with van der Waals surface area (Å²) in [6.45, 7) is 1.94. The highest BCUT2D eigenvalue weighted by Gasteiger charge is 2.45.